The fraction of sp³-hybridized carbons (Fsp3) is 0.409. The zero-order chi connectivity index (χ0) is 22.1. The normalized spacial score (nSPS) is 22.6. The number of carbonyl (C=O) groups excluding carboxylic acids is 1. The average Bonchev–Trinajstić information content (AvgIpc) is 3.16. The van der Waals surface area contributed by atoms with Gasteiger partial charge in [0.15, 0.2) is 22.7 Å². The van der Waals surface area contributed by atoms with Crippen molar-refractivity contribution in [1.29, 1.82) is 0 Å². The van der Waals surface area contributed by atoms with E-state index in [0.717, 1.165) is 49.9 Å². The predicted molar refractivity (Wildman–Crippen MR) is 114 cm³/mol. The molecule has 1 N–H and O–H groups in total. The number of carbonyl (C=O) groups is 1. The highest BCUT2D eigenvalue weighted by atomic mass is 32.2. The van der Waals surface area contributed by atoms with Gasteiger partial charge < -0.3 is 9.45 Å². The maximum atomic E-state index is 13.6. The van der Waals surface area contributed by atoms with Crippen LogP contribution in [-0.4, -0.2) is 63.2 Å². The molecule has 1 unspecified atom stereocenters. The summed E-state index contributed by atoms with van der Waals surface area (Å²) in [6.07, 6.45) is 0.727. The molecule has 2 fully saturated rings. The standard InChI is InChI=1S/C22H25F2N3O3S/c1-15(16-2-7-19(23)20(24)14-16)25-10-12-26(13-11-25)21-8-9-27(22(21)28)17-3-5-18(6-4-17)31(29)30/h2-7,14-15,21H,8-13H2,1H3,(H,29,30)/t15-,21-/m0/s1. The minimum atomic E-state index is -2.04. The summed E-state index contributed by atoms with van der Waals surface area (Å²) in [5.74, 6) is -1.64. The Hall–Kier alpha value is -2.20. The first-order valence-corrected chi connectivity index (χ1v) is 11.4. The van der Waals surface area contributed by atoms with E-state index < -0.39 is 22.7 Å². The van der Waals surface area contributed by atoms with Crippen LogP contribution in [0.5, 0.6) is 0 Å². The summed E-state index contributed by atoms with van der Waals surface area (Å²) in [4.78, 5) is 19.5. The molecule has 4 rings (SSSR count). The number of halogens is 2. The molecule has 0 aromatic heterocycles. The Kier molecular flexibility index (Phi) is 6.47. The van der Waals surface area contributed by atoms with Crippen molar-refractivity contribution >= 4 is 22.7 Å². The van der Waals surface area contributed by atoms with Crippen molar-refractivity contribution in [1.82, 2.24) is 9.80 Å². The Morgan fingerprint density at radius 1 is 1.00 bits per heavy atom. The monoisotopic (exact) mass is 449 g/mol. The van der Waals surface area contributed by atoms with Crippen molar-refractivity contribution in [2.45, 2.75) is 30.3 Å². The molecule has 0 spiro atoms. The summed E-state index contributed by atoms with van der Waals surface area (Å²) in [5.41, 5.74) is 1.47. The van der Waals surface area contributed by atoms with Crippen LogP contribution in [0.4, 0.5) is 14.5 Å². The van der Waals surface area contributed by atoms with E-state index in [1.165, 1.54) is 6.07 Å². The van der Waals surface area contributed by atoms with E-state index in [-0.39, 0.29) is 18.0 Å². The van der Waals surface area contributed by atoms with E-state index >= 15 is 0 Å². The van der Waals surface area contributed by atoms with Gasteiger partial charge in [0.05, 0.1) is 10.9 Å². The lowest BCUT2D eigenvalue weighted by Crippen LogP contribution is -2.52. The highest BCUT2D eigenvalue weighted by molar-refractivity contribution is 7.79. The van der Waals surface area contributed by atoms with Crippen LogP contribution in [0.3, 0.4) is 0 Å². The lowest BCUT2D eigenvalue weighted by atomic mass is 10.1. The van der Waals surface area contributed by atoms with Crippen LogP contribution in [0.2, 0.25) is 0 Å². The quantitative estimate of drug-likeness (QED) is 0.711. The molecule has 2 heterocycles. The first-order chi connectivity index (χ1) is 14.8. The highest BCUT2D eigenvalue weighted by Crippen LogP contribution is 2.28. The highest BCUT2D eigenvalue weighted by Gasteiger charge is 2.38. The van der Waals surface area contributed by atoms with Crippen LogP contribution >= 0.6 is 0 Å². The molecule has 0 radical (unpaired) electrons. The molecular formula is C22H25F2N3O3S. The third-order valence-corrected chi connectivity index (χ3v) is 6.97. The summed E-state index contributed by atoms with van der Waals surface area (Å²) < 4.78 is 47.1. The van der Waals surface area contributed by atoms with Gasteiger partial charge in [-0.25, -0.2) is 13.0 Å². The van der Waals surface area contributed by atoms with Crippen molar-refractivity contribution in [2.24, 2.45) is 0 Å². The molecule has 31 heavy (non-hydrogen) atoms. The van der Waals surface area contributed by atoms with Crippen molar-refractivity contribution in [2.75, 3.05) is 37.6 Å². The first kappa shape index (κ1) is 22.0. The van der Waals surface area contributed by atoms with E-state index in [2.05, 4.69) is 9.80 Å². The third-order valence-electron chi connectivity index (χ3n) is 6.29. The lowest BCUT2D eigenvalue weighted by molar-refractivity contribution is -0.122. The minimum absolute atomic E-state index is 0.0383. The molecule has 2 aliphatic rings. The van der Waals surface area contributed by atoms with Gasteiger partial charge in [0, 0.05) is 44.5 Å². The van der Waals surface area contributed by atoms with E-state index in [4.69, 9.17) is 4.55 Å². The fourth-order valence-corrected chi connectivity index (χ4v) is 4.79. The number of benzene rings is 2. The molecule has 2 aliphatic heterocycles. The van der Waals surface area contributed by atoms with E-state index in [1.54, 1.807) is 35.2 Å². The van der Waals surface area contributed by atoms with Crippen molar-refractivity contribution in [3.63, 3.8) is 0 Å². The Balaban J connectivity index is 1.36. The molecule has 2 saturated heterocycles. The Morgan fingerprint density at radius 2 is 1.68 bits per heavy atom. The number of nitrogens with zero attached hydrogens (tertiary/aromatic N) is 3. The second-order valence-electron chi connectivity index (χ2n) is 7.96. The Labute approximate surface area is 182 Å². The largest absolute Gasteiger partial charge is 0.311 e. The van der Waals surface area contributed by atoms with Crippen LogP contribution in [0, 0.1) is 11.6 Å². The van der Waals surface area contributed by atoms with Gasteiger partial charge in [0.25, 0.3) is 0 Å². The number of hydrogen-bond acceptors (Lipinski definition) is 4. The summed E-state index contributed by atoms with van der Waals surface area (Å²) >= 11 is -2.04. The van der Waals surface area contributed by atoms with Crippen molar-refractivity contribution in [3.05, 3.63) is 59.7 Å². The molecule has 1 amide bonds. The van der Waals surface area contributed by atoms with Gasteiger partial charge in [-0.1, -0.05) is 6.07 Å². The molecule has 0 saturated carbocycles. The van der Waals surface area contributed by atoms with Gasteiger partial charge in [-0.2, -0.15) is 0 Å². The van der Waals surface area contributed by atoms with E-state index in [1.807, 2.05) is 6.92 Å². The van der Waals surface area contributed by atoms with Crippen molar-refractivity contribution < 1.29 is 22.3 Å². The van der Waals surface area contributed by atoms with Crippen LogP contribution in [-0.2, 0) is 15.9 Å². The molecule has 166 valence electrons. The number of anilines is 1. The van der Waals surface area contributed by atoms with Gasteiger partial charge in [-0.15, -0.1) is 0 Å². The molecule has 0 bridgehead atoms. The minimum Gasteiger partial charge on any atom is -0.311 e. The molecule has 6 nitrogen and oxygen atoms in total. The number of piperazine rings is 1. The molecule has 9 heteroatoms. The van der Waals surface area contributed by atoms with Gasteiger partial charge >= 0.3 is 0 Å². The van der Waals surface area contributed by atoms with E-state index in [9.17, 15) is 17.8 Å². The molecule has 0 aliphatic carbocycles. The number of amides is 1. The molecule has 2 aromatic rings. The smallest absolute Gasteiger partial charge is 0.244 e. The molecule has 2 aromatic carbocycles. The maximum Gasteiger partial charge on any atom is 0.244 e. The van der Waals surface area contributed by atoms with Crippen molar-refractivity contribution in [3.8, 4) is 0 Å². The Bertz CT molecular complexity index is 980. The SMILES string of the molecule is C[C@@H](c1ccc(F)c(F)c1)N1CCN([C@H]2CCN(c3ccc(S(=O)O)cc3)C2=O)CC1. The van der Waals surface area contributed by atoms with Crippen LogP contribution < -0.4 is 4.90 Å². The average molecular weight is 450 g/mol. The van der Waals surface area contributed by atoms with Gasteiger partial charge in [-0.05, 0) is 55.3 Å². The summed E-state index contributed by atoms with van der Waals surface area (Å²) in [7, 11) is 0. The topological polar surface area (TPSA) is 64.1 Å². The Morgan fingerprint density at radius 3 is 2.29 bits per heavy atom. The van der Waals surface area contributed by atoms with Crippen LogP contribution in [0.15, 0.2) is 47.4 Å². The summed E-state index contributed by atoms with van der Waals surface area (Å²) in [5, 5.41) is 0. The maximum absolute atomic E-state index is 13.6. The van der Waals surface area contributed by atoms with Crippen LogP contribution in [0.25, 0.3) is 0 Å². The zero-order valence-electron chi connectivity index (χ0n) is 17.2. The number of rotatable bonds is 5. The second-order valence-corrected chi connectivity index (χ2v) is 8.93. The first-order valence-electron chi connectivity index (χ1n) is 10.3. The second kappa shape index (κ2) is 9.12. The summed E-state index contributed by atoms with van der Waals surface area (Å²) in [6, 6.07) is 10.3. The van der Waals surface area contributed by atoms with Gasteiger partial charge in [0.1, 0.15) is 0 Å². The van der Waals surface area contributed by atoms with E-state index in [0.29, 0.717) is 11.4 Å². The zero-order valence-corrected chi connectivity index (χ0v) is 18.0. The number of hydrogen-bond donors (Lipinski definition) is 1. The molecular weight excluding hydrogens is 424 g/mol. The van der Waals surface area contributed by atoms with Gasteiger partial charge in [0.2, 0.25) is 5.91 Å². The predicted octanol–water partition coefficient (Wildman–Crippen LogP) is 3.03. The molecule has 3 atom stereocenters. The third kappa shape index (κ3) is 4.55. The lowest BCUT2D eigenvalue weighted by Gasteiger charge is -2.40. The summed E-state index contributed by atoms with van der Waals surface area (Å²) in [6.45, 7) is 5.51. The van der Waals surface area contributed by atoms with Gasteiger partial charge in [-0.3, -0.25) is 14.6 Å². The van der Waals surface area contributed by atoms with Crippen LogP contribution in [0.1, 0.15) is 24.9 Å². The fourth-order valence-electron chi connectivity index (χ4n) is 4.42.